The number of rotatable bonds is 7. The zero-order valence-corrected chi connectivity index (χ0v) is 19.8. The van der Waals surface area contributed by atoms with Gasteiger partial charge in [-0.3, -0.25) is 4.79 Å². The van der Waals surface area contributed by atoms with E-state index in [1.165, 1.54) is 24.3 Å². The Balaban J connectivity index is 1.74. The van der Waals surface area contributed by atoms with Crippen molar-refractivity contribution in [1.82, 2.24) is 15.0 Å². The van der Waals surface area contributed by atoms with E-state index in [9.17, 15) is 13.6 Å². The van der Waals surface area contributed by atoms with E-state index >= 15 is 0 Å². The van der Waals surface area contributed by atoms with Gasteiger partial charge in [-0.25, -0.2) is 8.78 Å². The van der Waals surface area contributed by atoms with Crippen LogP contribution in [0.2, 0.25) is 0 Å². The maximum atomic E-state index is 14.5. The minimum absolute atomic E-state index is 0.0316. The van der Waals surface area contributed by atoms with Crippen LogP contribution in [0.4, 0.5) is 14.7 Å². The Kier molecular flexibility index (Phi) is 7.26. The number of carbonyl (C=O) groups excluding carboxylic acids is 1. The quantitative estimate of drug-likeness (QED) is 0.505. The predicted octanol–water partition coefficient (Wildman–Crippen LogP) is 4.67. The zero-order valence-electron chi connectivity index (χ0n) is 19.8. The number of halogens is 2. The highest BCUT2D eigenvalue weighted by Gasteiger charge is 2.29. The molecule has 2 aromatic carbocycles. The van der Waals surface area contributed by atoms with Gasteiger partial charge >= 0.3 is 0 Å². The predicted molar refractivity (Wildman–Crippen MR) is 128 cm³/mol. The third-order valence-electron chi connectivity index (χ3n) is 6.00. The third kappa shape index (κ3) is 5.28. The fourth-order valence-corrected chi connectivity index (χ4v) is 4.19. The van der Waals surface area contributed by atoms with Crippen molar-refractivity contribution in [3.05, 3.63) is 71.3 Å². The molecule has 0 radical (unpaired) electrons. The van der Waals surface area contributed by atoms with Crippen LogP contribution in [-0.2, 0) is 6.54 Å². The molecule has 0 bridgehead atoms. The molecule has 3 aromatic rings. The van der Waals surface area contributed by atoms with E-state index in [4.69, 9.17) is 4.52 Å². The van der Waals surface area contributed by atoms with Gasteiger partial charge in [0.2, 0.25) is 5.88 Å². The maximum Gasteiger partial charge on any atom is 0.257 e. The van der Waals surface area contributed by atoms with Crippen LogP contribution in [0.5, 0.6) is 0 Å². The SMILES string of the molecule is CC(C)CN(Cc1c(-c2ccc(F)cc2)noc1N1CCN(C)CC1)C(=O)c1ccccc1F. The van der Waals surface area contributed by atoms with E-state index in [1.54, 1.807) is 29.2 Å². The van der Waals surface area contributed by atoms with Gasteiger partial charge in [0.1, 0.15) is 17.3 Å². The van der Waals surface area contributed by atoms with Crippen LogP contribution in [0.15, 0.2) is 53.1 Å². The lowest BCUT2D eigenvalue weighted by atomic mass is 10.0. The molecular formula is C26H30F2N4O2. The van der Waals surface area contributed by atoms with Crippen LogP contribution in [0, 0.1) is 17.6 Å². The monoisotopic (exact) mass is 468 g/mol. The number of anilines is 1. The molecule has 2 heterocycles. The summed E-state index contributed by atoms with van der Waals surface area (Å²) in [5, 5.41) is 4.33. The number of piperazine rings is 1. The molecule has 8 heteroatoms. The van der Waals surface area contributed by atoms with Crippen molar-refractivity contribution in [2.75, 3.05) is 44.7 Å². The molecule has 180 valence electrons. The van der Waals surface area contributed by atoms with Crippen molar-refractivity contribution in [1.29, 1.82) is 0 Å². The van der Waals surface area contributed by atoms with Gasteiger partial charge in [0.15, 0.2) is 0 Å². The van der Waals surface area contributed by atoms with E-state index < -0.39 is 5.82 Å². The van der Waals surface area contributed by atoms with Crippen molar-refractivity contribution in [3.63, 3.8) is 0 Å². The minimum Gasteiger partial charge on any atom is -0.338 e. The number of carbonyl (C=O) groups is 1. The first-order chi connectivity index (χ1) is 16.3. The average molecular weight is 469 g/mol. The second-order valence-corrected chi connectivity index (χ2v) is 9.17. The Morgan fingerprint density at radius 3 is 2.38 bits per heavy atom. The maximum absolute atomic E-state index is 14.5. The number of likely N-dealkylation sites (N-methyl/N-ethyl adjacent to an activating group) is 1. The van der Waals surface area contributed by atoms with E-state index in [0.29, 0.717) is 23.7 Å². The molecule has 4 rings (SSSR count). The Morgan fingerprint density at radius 1 is 1.06 bits per heavy atom. The van der Waals surface area contributed by atoms with Gasteiger partial charge in [-0.05, 0) is 49.4 Å². The molecule has 1 fully saturated rings. The van der Waals surface area contributed by atoms with Crippen LogP contribution in [0.25, 0.3) is 11.3 Å². The van der Waals surface area contributed by atoms with Crippen molar-refractivity contribution < 1.29 is 18.1 Å². The molecule has 0 unspecified atom stereocenters. The molecule has 34 heavy (non-hydrogen) atoms. The second kappa shape index (κ2) is 10.3. The lowest BCUT2D eigenvalue weighted by molar-refractivity contribution is 0.0718. The van der Waals surface area contributed by atoms with Crippen LogP contribution < -0.4 is 4.90 Å². The van der Waals surface area contributed by atoms with Gasteiger partial charge in [-0.1, -0.05) is 31.1 Å². The summed E-state index contributed by atoms with van der Waals surface area (Å²) in [6.45, 7) is 7.91. The first kappa shape index (κ1) is 23.9. The summed E-state index contributed by atoms with van der Waals surface area (Å²) in [6, 6.07) is 12.1. The summed E-state index contributed by atoms with van der Waals surface area (Å²) < 4.78 is 33.9. The molecule has 1 amide bonds. The summed E-state index contributed by atoms with van der Waals surface area (Å²) >= 11 is 0. The van der Waals surface area contributed by atoms with E-state index in [-0.39, 0.29) is 29.8 Å². The molecule has 1 aliphatic heterocycles. The molecule has 1 aromatic heterocycles. The fourth-order valence-electron chi connectivity index (χ4n) is 4.19. The van der Waals surface area contributed by atoms with Gasteiger partial charge < -0.3 is 19.2 Å². The van der Waals surface area contributed by atoms with Crippen LogP contribution in [-0.4, -0.2) is 60.6 Å². The number of hydrogen-bond acceptors (Lipinski definition) is 5. The topological polar surface area (TPSA) is 52.8 Å². The van der Waals surface area contributed by atoms with Crippen LogP contribution in [0.3, 0.4) is 0 Å². The van der Waals surface area contributed by atoms with Crippen molar-refractivity contribution >= 4 is 11.8 Å². The molecular weight excluding hydrogens is 438 g/mol. The normalized spacial score (nSPS) is 14.6. The molecule has 1 aliphatic rings. The first-order valence-electron chi connectivity index (χ1n) is 11.5. The minimum atomic E-state index is -0.551. The van der Waals surface area contributed by atoms with Gasteiger partial charge in [0.05, 0.1) is 17.7 Å². The lowest BCUT2D eigenvalue weighted by Gasteiger charge is -2.33. The number of amides is 1. The fraction of sp³-hybridized carbons (Fsp3) is 0.385. The van der Waals surface area contributed by atoms with E-state index in [0.717, 1.165) is 31.7 Å². The molecule has 6 nitrogen and oxygen atoms in total. The first-order valence-corrected chi connectivity index (χ1v) is 11.5. The summed E-state index contributed by atoms with van der Waals surface area (Å²) in [5.41, 5.74) is 2.03. The number of aromatic nitrogens is 1. The summed E-state index contributed by atoms with van der Waals surface area (Å²) in [6.07, 6.45) is 0. The van der Waals surface area contributed by atoms with Crippen molar-refractivity contribution in [2.24, 2.45) is 5.92 Å². The molecule has 0 spiro atoms. The molecule has 0 N–H and O–H groups in total. The highest BCUT2D eigenvalue weighted by Crippen LogP contribution is 2.34. The zero-order chi connectivity index (χ0) is 24.2. The number of hydrogen-bond donors (Lipinski definition) is 0. The smallest absolute Gasteiger partial charge is 0.257 e. The van der Waals surface area contributed by atoms with Crippen LogP contribution in [0.1, 0.15) is 29.8 Å². The Labute approximate surface area is 198 Å². The summed E-state index contributed by atoms with van der Waals surface area (Å²) in [5.74, 6) is -0.518. The highest BCUT2D eigenvalue weighted by atomic mass is 19.1. The summed E-state index contributed by atoms with van der Waals surface area (Å²) in [4.78, 5) is 19.4. The second-order valence-electron chi connectivity index (χ2n) is 9.17. The number of nitrogens with zero attached hydrogens (tertiary/aromatic N) is 4. The van der Waals surface area contributed by atoms with Crippen molar-refractivity contribution in [3.8, 4) is 11.3 Å². The van der Waals surface area contributed by atoms with Crippen LogP contribution >= 0.6 is 0 Å². The lowest BCUT2D eigenvalue weighted by Crippen LogP contribution is -2.45. The van der Waals surface area contributed by atoms with Gasteiger partial charge in [0.25, 0.3) is 5.91 Å². The molecule has 0 aliphatic carbocycles. The third-order valence-corrected chi connectivity index (χ3v) is 6.00. The van der Waals surface area contributed by atoms with Gasteiger partial charge in [0, 0.05) is 38.3 Å². The molecule has 0 saturated carbocycles. The number of benzene rings is 2. The Morgan fingerprint density at radius 2 is 1.74 bits per heavy atom. The van der Waals surface area contributed by atoms with Gasteiger partial charge in [-0.15, -0.1) is 0 Å². The Bertz CT molecular complexity index is 1120. The highest BCUT2D eigenvalue weighted by molar-refractivity contribution is 5.94. The van der Waals surface area contributed by atoms with Gasteiger partial charge in [-0.2, -0.15) is 0 Å². The van der Waals surface area contributed by atoms with E-state index in [2.05, 4.69) is 22.0 Å². The molecule has 1 saturated heterocycles. The standard InChI is InChI=1S/C26H30F2N4O2/c1-18(2)16-32(25(33)21-6-4-5-7-23(21)28)17-22-24(19-8-10-20(27)11-9-19)29-34-26(22)31-14-12-30(3)13-15-31/h4-11,18H,12-17H2,1-3H3. The van der Waals surface area contributed by atoms with E-state index in [1.807, 2.05) is 13.8 Å². The largest absolute Gasteiger partial charge is 0.338 e. The summed E-state index contributed by atoms with van der Waals surface area (Å²) in [7, 11) is 2.07. The van der Waals surface area contributed by atoms with Crippen molar-refractivity contribution in [2.45, 2.75) is 20.4 Å². The molecule has 0 atom stereocenters. The Hall–Kier alpha value is -3.26. The average Bonchev–Trinajstić information content (AvgIpc) is 3.22.